The van der Waals surface area contributed by atoms with E-state index in [0.717, 1.165) is 40.6 Å². The Kier molecular flexibility index (Phi) is 3.72. The predicted molar refractivity (Wildman–Crippen MR) is 79.6 cm³/mol. The minimum absolute atomic E-state index is 0.0525. The average molecular weight is 280 g/mol. The van der Waals surface area contributed by atoms with Gasteiger partial charge < -0.3 is 10.0 Å². The number of rotatable bonds is 4. The molecule has 3 atom stereocenters. The van der Waals surface area contributed by atoms with Crippen LogP contribution in [0, 0.1) is 17.8 Å². The van der Waals surface area contributed by atoms with Gasteiger partial charge >= 0.3 is 0 Å². The van der Waals surface area contributed by atoms with Crippen LogP contribution in [0.4, 0.5) is 5.69 Å². The van der Waals surface area contributed by atoms with Gasteiger partial charge in [-0.2, -0.15) is 0 Å². The van der Waals surface area contributed by atoms with Crippen LogP contribution >= 0.6 is 11.6 Å². The smallest absolute Gasteiger partial charge is 0.0702 e. The van der Waals surface area contributed by atoms with E-state index in [1.807, 2.05) is 18.2 Å². The SMILES string of the molecule is CN(CC1CC2CCC1C2)c1c(Cl)cccc1CO. The maximum absolute atomic E-state index is 9.47. The van der Waals surface area contributed by atoms with E-state index < -0.39 is 0 Å². The average Bonchev–Trinajstić information content (AvgIpc) is 3.00. The highest BCUT2D eigenvalue weighted by molar-refractivity contribution is 6.33. The summed E-state index contributed by atoms with van der Waals surface area (Å²) in [5.74, 6) is 2.71. The van der Waals surface area contributed by atoms with Crippen LogP contribution in [0.5, 0.6) is 0 Å². The second-order valence-corrected chi connectivity index (χ2v) is 6.63. The zero-order valence-electron chi connectivity index (χ0n) is 11.5. The Hall–Kier alpha value is -0.730. The third-order valence-corrected chi connectivity index (χ3v) is 5.32. The van der Waals surface area contributed by atoms with Gasteiger partial charge in [0, 0.05) is 19.2 Å². The van der Waals surface area contributed by atoms with Crippen LogP contribution in [0.2, 0.25) is 5.02 Å². The zero-order valence-corrected chi connectivity index (χ0v) is 12.2. The summed E-state index contributed by atoms with van der Waals surface area (Å²) in [6.07, 6.45) is 5.68. The van der Waals surface area contributed by atoms with Crippen molar-refractivity contribution >= 4 is 17.3 Å². The first-order valence-electron chi connectivity index (χ1n) is 7.28. The lowest BCUT2D eigenvalue weighted by molar-refractivity contribution is 0.281. The van der Waals surface area contributed by atoms with Gasteiger partial charge in [0.1, 0.15) is 0 Å². The summed E-state index contributed by atoms with van der Waals surface area (Å²) >= 11 is 6.31. The van der Waals surface area contributed by atoms with Crippen molar-refractivity contribution in [3.05, 3.63) is 28.8 Å². The number of aliphatic hydroxyl groups is 1. The van der Waals surface area contributed by atoms with Gasteiger partial charge in [-0.05, 0) is 43.1 Å². The van der Waals surface area contributed by atoms with Crippen molar-refractivity contribution in [2.45, 2.75) is 32.3 Å². The molecular formula is C16H22ClNO. The fourth-order valence-electron chi connectivity index (χ4n) is 4.16. The Morgan fingerprint density at radius 2 is 2.16 bits per heavy atom. The molecule has 104 valence electrons. The highest BCUT2D eigenvalue weighted by Gasteiger charge is 2.39. The number of hydrogen-bond acceptors (Lipinski definition) is 2. The topological polar surface area (TPSA) is 23.5 Å². The molecule has 19 heavy (non-hydrogen) atoms. The van der Waals surface area contributed by atoms with Crippen LogP contribution in [0.15, 0.2) is 18.2 Å². The third kappa shape index (κ3) is 2.48. The van der Waals surface area contributed by atoms with Crippen molar-refractivity contribution in [2.75, 3.05) is 18.5 Å². The maximum atomic E-state index is 9.47. The van der Waals surface area contributed by atoms with Gasteiger partial charge in [0.15, 0.2) is 0 Å². The first-order valence-corrected chi connectivity index (χ1v) is 7.66. The summed E-state index contributed by atoms with van der Waals surface area (Å²) in [5.41, 5.74) is 1.94. The number of fused-ring (bicyclic) bond motifs is 2. The van der Waals surface area contributed by atoms with E-state index in [4.69, 9.17) is 11.6 Å². The second-order valence-electron chi connectivity index (χ2n) is 6.22. The summed E-state index contributed by atoms with van der Waals surface area (Å²) in [7, 11) is 2.10. The second kappa shape index (κ2) is 5.34. The molecule has 2 bridgehead atoms. The summed E-state index contributed by atoms with van der Waals surface area (Å²) in [4.78, 5) is 2.25. The van der Waals surface area contributed by atoms with Crippen LogP contribution in [-0.2, 0) is 6.61 Å². The molecule has 1 aromatic carbocycles. The molecule has 2 aliphatic rings. The molecular weight excluding hydrogens is 258 g/mol. The van der Waals surface area contributed by atoms with Crippen LogP contribution in [0.1, 0.15) is 31.2 Å². The van der Waals surface area contributed by atoms with Crippen LogP contribution in [0.25, 0.3) is 0 Å². The van der Waals surface area contributed by atoms with Crippen molar-refractivity contribution in [1.82, 2.24) is 0 Å². The molecule has 0 aliphatic heterocycles. The van der Waals surface area contributed by atoms with Crippen molar-refractivity contribution in [3.8, 4) is 0 Å². The molecule has 0 spiro atoms. The lowest BCUT2D eigenvalue weighted by Gasteiger charge is -2.30. The first-order chi connectivity index (χ1) is 9.19. The number of nitrogens with zero attached hydrogens (tertiary/aromatic N) is 1. The van der Waals surface area contributed by atoms with Crippen molar-refractivity contribution in [3.63, 3.8) is 0 Å². The molecule has 0 aromatic heterocycles. The molecule has 1 aromatic rings. The monoisotopic (exact) mass is 279 g/mol. The molecule has 0 heterocycles. The van der Waals surface area contributed by atoms with Crippen molar-refractivity contribution < 1.29 is 5.11 Å². The highest BCUT2D eigenvalue weighted by Crippen LogP contribution is 2.48. The number of hydrogen-bond donors (Lipinski definition) is 1. The highest BCUT2D eigenvalue weighted by atomic mass is 35.5. The van der Waals surface area contributed by atoms with Gasteiger partial charge in [0.05, 0.1) is 17.3 Å². The molecule has 3 heteroatoms. The van der Waals surface area contributed by atoms with Gasteiger partial charge in [-0.1, -0.05) is 30.2 Å². The summed E-state index contributed by atoms with van der Waals surface area (Å²) in [5, 5.41) is 10.2. The van der Waals surface area contributed by atoms with E-state index in [9.17, 15) is 5.11 Å². The Morgan fingerprint density at radius 1 is 1.32 bits per heavy atom. The zero-order chi connectivity index (χ0) is 13.4. The minimum atomic E-state index is 0.0525. The molecule has 2 nitrogen and oxygen atoms in total. The van der Waals surface area contributed by atoms with E-state index in [1.165, 1.54) is 25.7 Å². The van der Waals surface area contributed by atoms with Crippen LogP contribution < -0.4 is 4.90 Å². The number of aliphatic hydroxyl groups excluding tert-OH is 1. The lowest BCUT2D eigenvalue weighted by Crippen LogP contribution is -2.29. The quantitative estimate of drug-likeness (QED) is 0.908. The number of halogens is 1. The molecule has 0 radical (unpaired) electrons. The Balaban J connectivity index is 1.75. The van der Waals surface area contributed by atoms with E-state index >= 15 is 0 Å². The van der Waals surface area contributed by atoms with E-state index in [2.05, 4.69) is 11.9 Å². The fourth-order valence-corrected chi connectivity index (χ4v) is 4.50. The molecule has 0 saturated heterocycles. The van der Waals surface area contributed by atoms with Crippen molar-refractivity contribution in [1.29, 1.82) is 0 Å². The predicted octanol–water partition coefficient (Wildman–Crippen LogP) is 3.70. The van der Waals surface area contributed by atoms with E-state index in [1.54, 1.807) is 0 Å². The third-order valence-electron chi connectivity index (χ3n) is 5.02. The molecule has 0 amide bonds. The molecule has 3 rings (SSSR count). The molecule has 3 unspecified atom stereocenters. The fraction of sp³-hybridized carbons (Fsp3) is 0.625. The molecule has 2 saturated carbocycles. The Morgan fingerprint density at radius 3 is 2.79 bits per heavy atom. The Labute approximate surface area is 120 Å². The summed E-state index contributed by atoms with van der Waals surface area (Å²) in [6, 6.07) is 5.77. The number of para-hydroxylation sites is 1. The van der Waals surface area contributed by atoms with Gasteiger partial charge in [0.25, 0.3) is 0 Å². The van der Waals surface area contributed by atoms with Gasteiger partial charge in [-0.25, -0.2) is 0 Å². The normalized spacial score (nSPS) is 28.9. The van der Waals surface area contributed by atoms with Gasteiger partial charge in [-0.3, -0.25) is 0 Å². The van der Waals surface area contributed by atoms with Gasteiger partial charge in [0.2, 0.25) is 0 Å². The molecule has 2 aliphatic carbocycles. The summed E-state index contributed by atoms with van der Waals surface area (Å²) in [6.45, 7) is 1.12. The first kappa shape index (κ1) is 13.3. The number of anilines is 1. The largest absolute Gasteiger partial charge is 0.392 e. The lowest BCUT2D eigenvalue weighted by atomic mass is 9.88. The molecule has 2 fully saturated rings. The summed E-state index contributed by atoms with van der Waals surface area (Å²) < 4.78 is 0. The van der Waals surface area contributed by atoms with Crippen molar-refractivity contribution in [2.24, 2.45) is 17.8 Å². The van der Waals surface area contributed by atoms with Crippen LogP contribution in [-0.4, -0.2) is 18.7 Å². The standard InChI is InChI=1S/C16H22ClNO/c1-18(9-14-8-11-5-6-12(14)7-11)16-13(10-19)3-2-4-15(16)17/h2-4,11-12,14,19H,5-10H2,1H3. The van der Waals surface area contributed by atoms with E-state index in [0.29, 0.717) is 0 Å². The van der Waals surface area contributed by atoms with Gasteiger partial charge in [-0.15, -0.1) is 0 Å². The van der Waals surface area contributed by atoms with E-state index in [-0.39, 0.29) is 6.61 Å². The minimum Gasteiger partial charge on any atom is -0.392 e. The maximum Gasteiger partial charge on any atom is 0.0702 e. The van der Waals surface area contributed by atoms with Crippen LogP contribution in [0.3, 0.4) is 0 Å². The molecule has 1 N–H and O–H groups in total. The number of benzene rings is 1. The Bertz CT molecular complexity index is 462.